The van der Waals surface area contributed by atoms with E-state index in [1.54, 1.807) is 12.1 Å². The Bertz CT molecular complexity index is 767. The van der Waals surface area contributed by atoms with Crippen molar-refractivity contribution in [3.63, 3.8) is 0 Å². The molecule has 0 saturated carbocycles. The Morgan fingerprint density at radius 3 is 2.57 bits per heavy atom. The van der Waals surface area contributed by atoms with Crippen LogP contribution in [0.4, 0.5) is 4.39 Å². The third-order valence-corrected chi connectivity index (χ3v) is 5.66. The molecule has 0 fully saturated rings. The highest BCUT2D eigenvalue weighted by molar-refractivity contribution is 9.10. The SMILES string of the molecule is CN(Cc1cccc(F)c1)S(=O)(=O)c1ccc(Br)cc1Cl. The summed E-state index contributed by atoms with van der Waals surface area (Å²) in [5, 5.41) is 0.135. The van der Waals surface area contributed by atoms with Gasteiger partial charge in [-0.3, -0.25) is 0 Å². The second kappa shape index (κ2) is 6.44. The van der Waals surface area contributed by atoms with Crippen molar-refractivity contribution in [2.45, 2.75) is 11.4 Å². The Morgan fingerprint density at radius 2 is 1.95 bits per heavy atom. The van der Waals surface area contributed by atoms with Crippen LogP contribution < -0.4 is 0 Å². The summed E-state index contributed by atoms with van der Waals surface area (Å²) >= 11 is 9.22. The third-order valence-electron chi connectivity index (χ3n) is 2.88. The van der Waals surface area contributed by atoms with Crippen molar-refractivity contribution in [3.8, 4) is 0 Å². The van der Waals surface area contributed by atoms with Crippen molar-refractivity contribution in [2.75, 3.05) is 7.05 Å². The van der Waals surface area contributed by atoms with E-state index < -0.39 is 15.8 Å². The average Bonchev–Trinajstić information content (AvgIpc) is 2.38. The smallest absolute Gasteiger partial charge is 0.207 e. The summed E-state index contributed by atoms with van der Waals surface area (Å²) in [6.07, 6.45) is 0. The minimum absolute atomic E-state index is 0.0197. The minimum atomic E-state index is -3.74. The zero-order chi connectivity index (χ0) is 15.6. The molecule has 0 aliphatic heterocycles. The van der Waals surface area contributed by atoms with Gasteiger partial charge in [-0.1, -0.05) is 39.7 Å². The van der Waals surface area contributed by atoms with Gasteiger partial charge >= 0.3 is 0 Å². The molecular weight excluding hydrogens is 381 g/mol. The molecule has 0 aliphatic rings. The van der Waals surface area contributed by atoms with Crippen molar-refractivity contribution in [2.24, 2.45) is 0 Å². The van der Waals surface area contributed by atoms with E-state index in [1.165, 1.54) is 37.4 Å². The fraction of sp³-hybridized carbons (Fsp3) is 0.143. The molecule has 0 saturated heterocycles. The van der Waals surface area contributed by atoms with Crippen LogP contribution in [0.25, 0.3) is 0 Å². The first-order chi connectivity index (χ1) is 9.80. The van der Waals surface area contributed by atoms with Gasteiger partial charge in [-0.2, -0.15) is 4.31 Å². The van der Waals surface area contributed by atoms with Gasteiger partial charge in [0, 0.05) is 18.1 Å². The maximum absolute atomic E-state index is 13.2. The number of sulfonamides is 1. The van der Waals surface area contributed by atoms with Gasteiger partial charge in [-0.15, -0.1) is 0 Å². The van der Waals surface area contributed by atoms with E-state index in [0.717, 1.165) is 4.31 Å². The van der Waals surface area contributed by atoms with E-state index in [4.69, 9.17) is 11.6 Å². The molecule has 0 amide bonds. The lowest BCUT2D eigenvalue weighted by Crippen LogP contribution is -2.26. The van der Waals surface area contributed by atoms with E-state index in [1.807, 2.05) is 0 Å². The highest BCUT2D eigenvalue weighted by Gasteiger charge is 2.23. The van der Waals surface area contributed by atoms with Gasteiger partial charge in [-0.25, -0.2) is 12.8 Å². The zero-order valence-corrected chi connectivity index (χ0v) is 14.2. The number of benzene rings is 2. The van der Waals surface area contributed by atoms with Gasteiger partial charge < -0.3 is 0 Å². The molecule has 0 unspecified atom stereocenters. The molecule has 112 valence electrons. The van der Waals surface area contributed by atoms with E-state index in [2.05, 4.69) is 15.9 Å². The summed E-state index contributed by atoms with van der Waals surface area (Å²) in [6, 6.07) is 10.4. The van der Waals surface area contributed by atoms with Crippen LogP contribution in [0, 0.1) is 5.82 Å². The standard InChI is InChI=1S/C14H12BrClFNO2S/c1-18(9-10-3-2-4-12(17)7-10)21(19,20)14-6-5-11(15)8-13(14)16/h2-8H,9H2,1H3. The molecule has 7 heteroatoms. The Kier molecular flexibility index (Phi) is 5.03. The van der Waals surface area contributed by atoms with Gasteiger partial charge in [0.15, 0.2) is 0 Å². The second-order valence-corrected chi connectivity index (χ2v) is 7.80. The zero-order valence-electron chi connectivity index (χ0n) is 11.1. The predicted octanol–water partition coefficient (Wildman–Crippen LogP) is 4.06. The van der Waals surface area contributed by atoms with Crippen molar-refractivity contribution < 1.29 is 12.8 Å². The van der Waals surface area contributed by atoms with E-state index >= 15 is 0 Å². The van der Waals surface area contributed by atoms with Gasteiger partial charge in [-0.05, 0) is 35.9 Å². The third kappa shape index (κ3) is 3.83. The van der Waals surface area contributed by atoms with Crippen molar-refractivity contribution in [3.05, 3.63) is 63.3 Å². The van der Waals surface area contributed by atoms with Crippen LogP contribution in [-0.4, -0.2) is 19.8 Å². The van der Waals surface area contributed by atoms with Gasteiger partial charge in [0.25, 0.3) is 0 Å². The Balaban J connectivity index is 2.30. The molecule has 0 aromatic heterocycles. The summed E-state index contributed by atoms with van der Waals surface area (Å²) in [4.78, 5) is 0.0197. The first-order valence-electron chi connectivity index (χ1n) is 5.96. The molecule has 3 nitrogen and oxygen atoms in total. The van der Waals surface area contributed by atoms with Crippen molar-refractivity contribution >= 4 is 37.6 Å². The van der Waals surface area contributed by atoms with Crippen LogP contribution in [0.2, 0.25) is 5.02 Å². The lowest BCUT2D eigenvalue weighted by Gasteiger charge is -2.18. The van der Waals surface area contributed by atoms with E-state index in [-0.39, 0.29) is 16.5 Å². The maximum Gasteiger partial charge on any atom is 0.244 e. The Morgan fingerprint density at radius 1 is 1.24 bits per heavy atom. The minimum Gasteiger partial charge on any atom is -0.207 e. The summed E-state index contributed by atoms with van der Waals surface area (Å²) in [6.45, 7) is 0.0620. The van der Waals surface area contributed by atoms with Gasteiger partial charge in [0.1, 0.15) is 10.7 Å². The molecule has 0 radical (unpaired) electrons. The van der Waals surface area contributed by atoms with Crippen LogP contribution in [0.15, 0.2) is 51.8 Å². The molecule has 0 N–H and O–H groups in total. The normalized spacial score (nSPS) is 11.9. The molecule has 2 rings (SSSR count). The van der Waals surface area contributed by atoms with Crippen LogP contribution in [0.5, 0.6) is 0 Å². The molecule has 0 atom stereocenters. The predicted molar refractivity (Wildman–Crippen MR) is 84.2 cm³/mol. The summed E-state index contributed by atoms with van der Waals surface area (Å²) < 4.78 is 40.0. The number of hydrogen-bond acceptors (Lipinski definition) is 2. The molecular formula is C14H12BrClFNO2S. The number of halogens is 3. The van der Waals surface area contributed by atoms with Crippen LogP contribution in [0.3, 0.4) is 0 Å². The number of hydrogen-bond donors (Lipinski definition) is 0. The quantitative estimate of drug-likeness (QED) is 0.787. The summed E-state index contributed by atoms with van der Waals surface area (Å²) in [5.41, 5.74) is 0.564. The van der Waals surface area contributed by atoms with E-state index in [0.29, 0.717) is 10.0 Å². The lowest BCUT2D eigenvalue weighted by molar-refractivity contribution is 0.465. The van der Waals surface area contributed by atoms with Crippen molar-refractivity contribution in [1.82, 2.24) is 4.31 Å². The van der Waals surface area contributed by atoms with Gasteiger partial charge in [0.2, 0.25) is 10.0 Å². The number of rotatable bonds is 4. The van der Waals surface area contributed by atoms with Crippen LogP contribution in [0.1, 0.15) is 5.56 Å². The fourth-order valence-electron chi connectivity index (χ4n) is 1.83. The first kappa shape index (κ1) is 16.4. The highest BCUT2D eigenvalue weighted by atomic mass is 79.9. The van der Waals surface area contributed by atoms with Crippen molar-refractivity contribution in [1.29, 1.82) is 0 Å². The topological polar surface area (TPSA) is 37.4 Å². The second-order valence-electron chi connectivity index (χ2n) is 4.47. The fourth-order valence-corrected chi connectivity index (χ4v) is 4.00. The summed E-state index contributed by atoms with van der Waals surface area (Å²) in [7, 11) is -2.31. The molecule has 0 bridgehead atoms. The van der Waals surface area contributed by atoms with E-state index in [9.17, 15) is 12.8 Å². The summed E-state index contributed by atoms with van der Waals surface area (Å²) in [5.74, 6) is -0.403. The number of nitrogens with zero attached hydrogens (tertiary/aromatic N) is 1. The van der Waals surface area contributed by atoms with Crippen LogP contribution >= 0.6 is 27.5 Å². The molecule has 2 aromatic carbocycles. The monoisotopic (exact) mass is 391 g/mol. The first-order valence-corrected chi connectivity index (χ1v) is 8.57. The Labute approximate surface area is 136 Å². The Hall–Kier alpha value is -0.950. The molecule has 0 spiro atoms. The molecule has 0 aliphatic carbocycles. The largest absolute Gasteiger partial charge is 0.244 e. The highest BCUT2D eigenvalue weighted by Crippen LogP contribution is 2.27. The molecule has 0 heterocycles. The van der Waals surface area contributed by atoms with Gasteiger partial charge in [0.05, 0.1) is 5.02 Å². The average molecular weight is 393 g/mol. The molecule has 2 aromatic rings. The van der Waals surface area contributed by atoms with Crippen LogP contribution in [-0.2, 0) is 16.6 Å². The molecule has 21 heavy (non-hydrogen) atoms. The lowest BCUT2D eigenvalue weighted by atomic mass is 10.2. The maximum atomic E-state index is 13.2.